The van der Waals surface area contributed by atoms with Crippen LogP contribution in [-0.2, 0) is 6.54 Å². The van der Waals surface area contributed by atoms with Crippen molar-refractivity contribution in [3.8, 4) is 11.1 Å². The van der Waals surface area contributed by atoms with E-state index < -0.39 is 0 Å². The highest BCUT2D eigenvalue weighted by Gasteiger charge is 2.04. The van der Waals surface area contributed by atoms with E-state index in [0.29, 0.717) is 0 Å². The van der Waals surface area contributed by atoms with Crippen molar-refractivity contribution >= 4 is 10.9 Å². The lowest BCUT2D eigenvalue weighted by Crippen LogP contribution is -1.97. The van der Waals surface area contributed by atoms with Gasteiger partial charge in [0.1, 0.15) is 0 Å². The van der Waals surface area contributed by atoms with Crippen LogP contribution < -0.4 is 0 Å². The Labute approximate surface area is 130 Å². The minimum Gasteiger partial charge on any atom is -0.343 e. The number of aromatic nitrogens is 1. The Kier molecular flexibility index (Phi) is 3.24. The topological polar surface area (TPSA) is 4.93 Å². The molecule has 1 nitrogen and oxygen atoms in total. The first-order valence-corrected chi connectivity index (χ1v) is 7.49. The van der Waals surface area contributed by atoms with Crippen LogP contribution in [0.3, 0.4) is 0 Å². The van der Waals surface area contributed by atoms with E-state index >= 15 is 0 Å². The molecule has 0 fully saturated rings. The molecular weight excluding hydrogens is 266 g/mol. The molecule has 105 valence electrons. The molecule has 0 aliphatic rings. The molecule has 0 unspecified atom stereocenters. The molecule has 1 heteroatoms. The molecule has 0 aliphatic heterocycles. The molecule has 0 aliphatic carbocycles. The molecule has 4 aromatic rings. The summed E-state index contributed by atoms with van der Waals surface area (Å²) < 4.78 is 2.30. The summed E-state index contributed by atoms with van der Waals surface area (Å²) in [6, 6.07) is 30.6. The third-order valence-electron chi connectivity index (χ3n) is 4.02. The van der Waals surface area contributed by atoms with Gasteiger partial charge in [-0.3, -0.25) is 0 Å². The summed E-state index contributed by atoms with van der Waals surface area (Å²) in [4.78, 5) is 0. The molecule has 0 bridgehead atoms. The zero-order chi connectivity index (χ0) is 14.8. The van der Waals surface area contributed by atoms with Crippen LogP contribution in [0.15, 0.2) is 85.1 Å². The van der Waals surface area contributed by atoms with E-state index in [4.69, 9.17) is 0 Å². The molecule has 1 aromatic heterocycles. The van der Waals surface area contributed by atoms with E-state index in [9.17, 15) is 0 Å². The highest BCUT2D eigenvalue weighted by molar-refractivity contribution is 5.85. The summed E-state index contributed by atoms with van der Waals surface area (Å²) in [5.74, 6) is 0. The fourth-order valence-corrected chi connectivity index (χ4v) is 2.88. The van der Waals surface area contributed by atoms with E-state index in [1.807, 2.05) is 12.1 Å². The third-order valence-corrected chi connectivity index (χ3v) is 4.02. The van der Waals surface area contributed by atoms with Crippen molar-refractivity contribution in [2.24, 2.45) is 0 Å². The largest absolute Gasteiger partial charge is 0.343 e. The predicted molar refractivity (Wildman–Crippen MR) is 91.8 cm³/mol. The van der Waals surface area contributed by atoms with Crippen LogP contribution in [0.25, 0.3) is 22.0 Å². The maximum absolute atomic E-state index is 3.07. The Balaban J connectivity index is 1.72. The van der Waals surface area contributed by atoms with Gasteiger partial charge in [-0.15, -0.1) is 0 Å². The molecular formula is C21H16N. The average molecular weight is 282 g/mol. The van der Waals surface area contributed by atoms with Crippen LogP contribution in [0.5, 0.6) is 0 Å². The smallest absolute Gasteiger partial charge is 0.0483 e. The normalized spacial score (nSPS) is 10.9. The molecule has 4 rings (SSSR count). The molecule has 1 heterocycles. The van der Waals surface area contributed by atoms with Gasteiger partial charge in [-0.2, -0.15) is 0 Å². The SMILES string of the molecule is [c]1ccc(-c2ccc3c(ccn3Cc3ccccc3)c2)cc1. The first-order chi connectivity index (χ1) is 10.9. The fourth-order valence-electron chi connectivity index (χ4n) is 2.88. The van der Waals surface area contributed by atoms with Crippen LogP contribution in [0.2, 0.25) is 0 Å². The predicted octanol–water partition coefficient (Wildman–Crippen LogP) is 5.16. The van der Waals surface area contributed by atoms with Gasteiger partial charge in [0.15, 0.2) is 0 Å². The molecule has 1 radical (unpaired) electrons. The lowest BCUT2D eigenvalue weighted by Gasteiger charge is -2.07. The zero-order valence-corrected chi connectivity index (χ0v) is 12.2. The van der Waals surface area contributed by atoms with E-state index in [-0.39, 0.29) is 0 Å². The monoisotopic (exact) mass is 282 g/mol. The minimum absolute atomic E-state index is 0.907. The standard InChI is InChI=1S/C21H16N/c1-3-7-17(8-4-1)16-22-14-13-20-15-19(11-12-21(20)22)18-9-5-2-6-10-18/h1,3-15H,16H2. The highest BCUT2D eigenvalue weighted by atomic mass is 14.9. The molecule has 0 N–H and O–H groups in total. The molecule has 0 spiro atoms. The maximum Gasteiger partial charge on any atom is 0.0483 e. The van der Waals surface area contributed by atoms with Crippen molar-refractivity contribution in [3.63, 3.8) is 0 Å². The lowest BCUT2D eigenvalue weighted by molar-refractivity contribution is 0.837. The molecule has 3 aromatic carbocycles. The van der Waals surface area contributed by atoms with Gasteiger partial charge in [0.25, 0.3) is 0 Å². The van der Waals surface area contributed by atoms with E-state index in [0.717, 1.165) is 6.54 Å². The van der Waals surface area contributed by atoms with Gasteiger partial charge in [-0.1, -0.05) is 60.7 Å². The zero-order valence-electron chi connectivity index (χ0n) is 12.2. The number of rotatable bonds is 3. The van der Waals surface area contributed by atoms with Gasteiger partial charge in [-0.25, -0.2) is 0 Å². The number of hydrogen-bond acceptors (Lipinski definition) is 0. The van der Waals surface area contributed by atoms with Crippen LogP contribution >= 0.6 is 0 Å². The Morgan fingerprint density at radius 1 is 0.773 bits per heavy atom. The lowest BCUT2D eigenvalue weighted by atomic mass is 10.0. The second-order valence-corrected chi connectivity index (χ2v) is 5.49. The number of fused-ring (bicyclic) bond motifs is 1. The van der Waals surface area contributed by atoms with Gasteiger partial charge < -0.3 is 4.57 Å². The summed E-state index contributed by atoms with van der Waals surface area (Å²) in [6.07, 6.45) is 2.17. The number of nitrogens with zero attached hydrogens (tertiary/aromatic N) is 1. The number of benzene rings is 3. The van der Waals surface area contributed by atoms with E-state index in [1.165, 1.54) is 27.6 Å². The Hall–Kier alpha value is -2.80. The summed E-state index contributed by atoms with van der Waals surface area (Å²) in [6.45, 7) is 0.907. The molecule has 0 saturated carbocycles. The van der Waals surface area contributed by atoms with Gasteiger partial charge >= 0.3 is 0 Å². The van der Waals surface area contributed by atoms with Crippen molar-refractivity contribution in [1.29, 1.82) is 0 Å². The van der Waals surface area contributed by atoms with Gasteiger partial charge in [-0.05, 0) is 41.0 Å². The second kappa shape index (κ2) is 5.53. The fraction of sp³-hybridized carbons (Fsp3) is 0.0476. The third kappa shape index (κ3) is 2.42. The van der Waals surface area contributed by atoms with Crippen LogP contribution in [0, 0.1) is 6.07 Å². The van der Waals surface area contributed by atoms with Crippen molar-refractivity contribution in [2.75, 3.05) is 0 Å². The summed E-state index contributed by atoms with van der Waals surface area (Å²) in [7, 11) is 0. The summed E-state index contributed by atoms with van der Waals surface area (Å²) in [5.41, 5.74) is 5.08. The Morgan fingerprint density at radius 2 is 1.59 bits per heavy atom. The Morgan fingerprint density at radius 3 is 2.41 bits per heavy atom. The van der Waals surface area contributed by atoms with Crippen LogP contribution in [0.1, 0.15) is 5.56 Å². The highest BCUT2D eigenvalue weighted by Crippen LogP contribution is 2.25. The molecule has 0 saturated heterocycles. The van der Waals surface area contributed by atoms with Crippen LogP contribution in [-0.4, -0.2) is 4.57 Å². The van der Waals surface area contributed by atoms with Gasteiger partial charge in [0.2, 0.25) is 0 Å². The molecule has 0 amide bonds. The summed E-state index contributed by atoms with van der Waals surface area (Å²) in [5, 5.41) is 1.28. The quantitative estimate of drug-likeness (QED) is 0.489. The van der Waals surface area contributed by atoms with Crippen molar-refractivity contribution in [1.82, 2.24) is 4.57 Å². The molecule has 0 atom stereocenters. The first kappa shape index (κ1) is 12.9. The first-order valence-electron chi connectivity index (χ1n) is 7.49. The van der Waals surface area contributed by atoms with Crippen molar-refractivity contribution < 1.29 is 0 Å². The van der Waals surface area contributed by atoms with E-state index in [1.54, 1.807) is 0 Å². The average Bonchev–Trinajstić information content (AvgIpc) is 2.99. The van der Waals surface area contributed by atoms with Crippen LogP contribution in [0.4, 0.5) is 0 Å². The van der Waals surface area contributed by atoms with Crippen molar-refractivity contribution in [3.05, 3.63) is 96.7 Å². The molecule has 22 heavy (non-hydrogen) atoms. The Bertz CT molecular complexity index is 889. The van der Waals surface area contributed by atoms with Gasteiger partial charge in [0.05, 0.1) is 0 Å². The van der Waals surface area contributed by atoms with E-state index in [2.05, 4.69) is 83.6 Å². The summed E-state index contributed by atoms with van der Waals surface area (Å²) >= 11 is 0. The second-order valence-electron chi connectivity index (χ2n) is 5.49. The maximum atomic E-state index is 3.07. The van der Waals surface area contributed by atoms with Gasteiger partial charge in [0, 0.05) is 23.6 Å². The number of hydrogen-bond donors (Lipinski definition) is 0. The minimum atomic E-state index is 0.907. The van der Waals surface area contributed by atoms with Crippen molar-refractivity contribution in [2.45, 2.75) is 6.54 Å².